The van der Waals surface area contributed by atoms with Crippen LogP contribution in [0.15, 0.2) is 30.3 Å². The fourth-order valence-electron chi connectivity index (χ4n) is 2.66. The summed E-state index contributed by atoms with van der Waals surface area (Å²) in [4.78, 5) is 28.5. The number of aryl methyl sites for hydroxylation is 1. The van der Waals surface area contributed by atoms with Gasteiger partial charge < -0.3 is 20.1 Å². The quantitative estimate of drug-likeness (QED) is 0.582. The molecule has 0 unspecified atom stereocenters. The average Bonchev–Trinajstić information content (AvgIpc) is 3.50. The van der Waals surface area contributed by atoms with E-state index in [0.717, 1.165) is 25.0 Å². The zero-order chi connectivity index (χ0) is 22.6. The summed E-state index contributed by atoms with van der Waals surface area (Å²) in [5.41, 5.74) is 0.897. The second kappa shape index (κ2) is 9.42. The molecule has 1 aromatic carbocycles. The average molecular weight is 458 g/mol. The molecule has 1 aromatic heterocycles. The molecule has 0 saturated heterocycles. The highest BCUT2D eigenvalue weighted by Crippen LogP contribution is 2.32. The Morgan fingerprint density at radius 1 is 1.23 bits per heavy atom. The smallest absolute Gasteiger partial charge is 0.490 e. The number of benzene rings is 1. The largest absolute Gasteiger partial charge is 0.573 e. The number of halogens is 4. The Bertz CT molecular complexity index is 981. The minimum atomic E-state index is -4.82. The summed E-state index contributed by atoms with van der Waals surface area (Å²) in [5, 5.41) is 5.30. The fourth-order valence-corrected chi connectivity index (χ4v) is 2.89. The Morgan fingerprint density at radius 3 is 2.61 bits per heavy atom. The van der Waals surface area contributed by atoms with E-state index in [0.29, 0.717) is 17.1 Å². The molecule has 31 heavy (non-hydrogen) atoms. The Labute approximate surface area is 180 Å². The summed E-state index contributed by atoms with van der Waals surface area (Å²) in [6.07, 6.45) is -3.11. The van der Waals surface area contributed by atoms with Crippen molar-refractivity contribution in [1.82, 2.24) is 10.3 Å². The van der Waals surface area contributed by atoms with Crippen LogP contribution in [0.5, 0.6) is 11.5 Å². The van der Waals surface area contributed by atoms with E-state index in [-0.39, 0.29) is 35.7 Å². The molecule has 0 radical (unpaired) electrons. The van der Waals surface area contributed by atoms with Crippen LogP contribution < -0.4 is 20.1 Å². The van der Waals surface area contributed by atoms with Crippen molar-refractivity contribution in [1.29, 1.82) is 0 Å². The molecule has 2 aromatic rings. The first-order valence-corrected chi connectivity index (χ1v) is 9.74. The van der Waals surface area contributed by atoms with Gasteiger partial charge in [0.05, 0.1) is 11.6 Å². The zero-order valence-electron chi connectivity index (χ0n) is 16.4. The van der Waals surface area contributed by atoms with Crippen molar-refractivity contribution in [2.24, 2.45) is 5.92 Å². The van der Waals surface area contributed by atoms with Gasteiger partial charge in [0, 0.05) is 23.2 Å². The number of nitrogens with one attached hydrogen (secondary N) is 2. The summed E-state index contributed by atoms with van der Waals surface area (Å²) in [6, 6.07) is 6.37. The van der Waals surface area contributed by atoms with Gasteiger partial charge in [0.2, 0.25) is 5.91 Å². The van der Waals surface area contributed by atoms with E-state index in [1.165, 1.54) is 12.1 Å². The number of pyridine rings is 1. The number of alkyl halides is 3. The molecule has 1 aliphatic carbocycles. The third-order valence-corrected chi connectivity index (χ3v) is 4.49. The van der Waals surface area contributed by atoms with Crippen LogP contribution in [-0.2, 0) is 4.79 Å². The van der Waals surface area contributed by atoms with Crippen molar-refractivity contribution in [3.8, 4) is 11.5 Å². The van der Waals surface area contributed by atoms with Crippen molar-refractivity contribution < 1.29 is 32.2 Å². The number of anilines is 1. The molecule has 0 atom stereocenters. The molecule has 166 valence electrons. The highest BCUT2D eigenvalue weighted by molar-refractivity contribution is 6.32. The number of aromatic nitrogens is 1. The summed E-state index contributed by atoms with van der Waals surface area (Å²) in [6.45, 7) is 1.85. The van der Waals surface area contributed by atoms with Gasteiger partial charge in [0.25, 0.3) is 5.91 Å². The van der Waals surface area contributed by atoms with Crippen LogP contribution in [0.3, 0.4) is 0 Å². The Morgan fingerprint density at radius 2 is 1.97 bits per heavy atom. The first-order valence-electron chi connectivity index (χ1n) is 9.36. The third-order valence-electron chi connectivity index (χ3n) is 4.20. The highest BCUT2D eigenvalue weighted by atomic mass is 35.5. The standard InChI is InChI=1S/C20H19ClF3N3O4/c1-11-8-13(9-17(26-11)27-19(29)12-2-3-12)18(28)25-6-7-30-16-5-4-14(10-15(16)21)31-20(22,23)24/h4-5,8-10,12H,2-3,6-7H2,1H3,(H,25,28)(H,26,27,29). The van der Waals surface area contributed by atoms with Crippen molar-refractivity contribution >= 4 is 29.2 Å². The lowest BCUT2D eigenvalue weighted by molar-refractivity contribution is -0.274. The lowest BCUT2D eigenvalue weighted by atomic mass is 10.2. The number of carbonyl (C=O) groups excluding carboxylic acids is 2. The number of rotatable bonds is 8. The lowest BCUT2D eigenvalue weighted by Crippen LogP contribution is -2.28. The van der Waals surface area contributed by atoms with Gasteiger partial charge in [-0.25, -0.2) is 4.98 Å². The van der Waals surface area contributed by atoms with E-state index < -0.39 is 18.0 Å². The number of hydrogen-bond acceptors (Lipinski definition) is 5. The lowest BCUT2D eigenvalue weighted by Gasteiger charge is -2.12. The van der Waals surface area contributed by atoms with Gasteiger partial charge in [-0.2, -0.15) is 0 Å². The van der Waals surface area contributed by atoms with Crippen LogP contribution in [0.4, 0.5) is 19.0 Å². The van der Waals surface area contributed by atoms with E-state index in [1.807, 2.05) is 0 Å². The molecule has 2 N–H and O–H groups in total. The maximum absolute atomic E-state index is 12.4. The van der Waals surface area contributed by atoms with E-state index in [2.05, 4.69) is 20.4 Å². The van der Waals surface area contributed by atoms with Crippen molar-refractivity contribution in [2.45, 2.75) is 26.1 Å². The van der Waals surface area contributed by atoms with E-state index >= 15 is 0 Å². The van der Waals surface area contributed by atoms with Crippen LogP contribution >= 0.6 is 11.6 Å². The van der Waals surface area contributed by atoms with Gasteiger partial charge >= 0.3 is 6.36 Å². The first kappa shape index (κ1) is 22.7. The van der Waals surface area contributed by atoms with Gasteiger partial charge in [-0.15, -0.1) is 13.2 Å². The molecule has 1 saturated carbocycles. The highest BCUT2D eigenvalue weighted by Gasteiger charge is 2.31. The molecular weight excluding hydrogens is 439 g/mol. The molecule has 2 amide bonds. The van der Waals surface area contributed by atoms with Crippen molar-refractivity contribution in [3.63, 3.8) is 0 Å². The minimum absolute atomic E-state index is 0.0117. The van der Waals surface area contributed by atoms with Gasteiger partial charge in [-0.05, 0) is 44.0 Å². The molecule has 7 nitrogen and oxygen atoms in total. The number of amides is 2. The second-order valence-corrected chi connectivity index (χ2v) is 7.30. The molecular formula is C20H19ClF3N3O4. The first-order chi connectivity index (χ1) is 14.6. The van der Waals surface area contributed by atoms with Crippen molar-refractivity contribution in [2.75, 3.05) is 18.5 Å². The topological polar surface area (TPSA) is 89.5 Å². The summed E-state index contributed by atoms with van der Waals surface area (Å²) in [7, 11) is 0. The minimum Gasteiger partial charge on any atom is -0.490 e. The van der Waals surface area contributed by atoms with E-state index in [9.17, 15) is 22.8 Å². The number of carbonyl (C=O) groups is 2. The van der Waals surface area contributed by atoms with Crippen molar-refractivity contribution in [3.05, 3.63) is 46.6 Å². The van der Waals surface area contributed by atoms with Crippen LogP contribution in [-0.4, -0.2) is 36.3 Å². The zero-order valence-corrected chi connectivity index (χ0v) is 17.1. The Balaban J connectivity index is 1.50. The van der Waals surface area contributed by atoms with Gasteiger partial charge in [-0.1, -0.05) is 11.6 Å². The number of nitrogens with zero attached hydrogens (tertiary/aromatic N) is 1. The Kier molecular flexibility index (Phi) is 6.89. The predicted molar refractivity (Wildman–Crippen MR) is 106 cm³/mol. The third kappa shape index (κ3) is 7.02. The predicted octanol–water partition coefficient (Wildman–Crippen LogP) is 4.10. The van der Waals surface area contributed by atoms with Gasteiger partial charge in [-0.3, -0.25) is 9.59 Å². The van der Waals surface area contributed by atoms with Crippen LogP contribution in [0, 0.1) is 12.8 Å². The molecule has 0 aliphatic heterocycles. The van der Waals surface area contributed by atoms with Crippen LogP contribution in [0.1, 0.15) is 28.9 Å². The molecule has 1 heterocycles. The molecule has 3 rings (SSSR count). The van der Waals surface area contributed by atoms with Crippen LogP contribution in [0.25, 0.3) is 0 Å². The maximum Gasteiger partial charge on any atom is 0.573 e. The summed E-state index contributed by atoms with van der Waals surface area (Å²) < 4.78 is 45.8. The summed E-state index contributed by atoms with van der Waals surface area (Å²) in [5.74, 6) is -0.493. The molecule has 0 spiro atoms. The Hall–Kier alpha value is -3.01. The van der Waals surface area contributed by atoms with E-state index in [1.54, 1.807) is 13.0 Å². The van der Waals surface area contributed by atoms with Gasteiger partial charge in [0.1, 0.15) is 23.9 Å². The molecule has 0 bridgehead atoms. The number of ether oxygens (including phenoxy) is 2. The number of hydrogen-bond donors (Lipinski definition) is 2. The van der Waals surface area contributed by atoms with Gasteiger partial charge in [0.15, 0.2) is 0 Å². The fraction of sp³-hybridized carbons (Fsp3) is 0.350. The molecule has 1 fully saturated rings. The second-order valence-electron chi connectivity index (χ2n) is 6.89. The van der Waals surface area contributed by atoms with Crippen LogP contribution in [0.2, 0.25) is 5.02 Å². The molecule has 11 heteroatoms. The molecule has 1 aliphatic rings. The maximum atomic E-state index is 12.4. The van der Waals surface area contributed by atoms with E-state index in [4.69, 9.17) is 16.3 Å². The SMILES string of the molecule is Cc1cc(C(=O)NCCOc2ccc(OC(F)(F)F)cc2Cl)cc(NC(=O)C2CC2)n1. The summed E-state index contributed by atoms with van der Waals surface area (Å²) >= 11 is 5.90. The normalized spacial score (nSPS) is 13.5. The monoisotopic (exact) mass is 457 g/mol.